The van der Waals surface area contributed by atoms with Crippen LogP contribution >= 0.6 is 23.6 Å². The SMILES string of the molecule is S=c1[nH]nc(-c2cccnc2)n1-c1ccc2sccc2c1. The topological polar surface area (TPSA) is 46.5 Å². The summed E-state index contributed by atoms with van der Waals surface area (Å²) < 4.78 is 3.77. The number of pyridine rings is 1. The molecule has 0 bridgehead atoms. The third-order valence-electron chi connectivity index (χ3n) is 3.29. The van der Waals surface area contributed by atoms with Crippen molar-refractivity contribution in [3.8, 4) is 17.1 Å². The second kappa shape index (κ2) is 4.91. The van der Waals surface area contributed by atoms with Gasteiger partial charge in [-0.2, -0.15) is 5.10 Å². The predicted octanol–water partition coefficient (Wildman–Crippen LogP) is 4.21. The molecule has 0 amide bonds. The van der Waals surface area contributed by atoms with E-state index >= 15 is 0 Å². The second-order valence-electron chi connectivity index (χ2n) is 4.57. The molecule has 6 heteroatoms. The highest BCUT2D eigenvalue weighted by atomic mass is 32.1. The molecule has 3 heterocycles. The summed E-state index contributed by atoms with van der Waals surface area (Å²) in [4.78, 5) is 4.15. The first-order chi connectivity index (χ1) is 10.3. The molecule has 21 heavy (non-hydrogen) atoms. The first-order valence-corrected chi connectivity index (χ1v) is 7.67. The van der Waals surface area contributed by atoms with Crippen molar-refractivity contribution in [3.63, 3.8) is 0 Å². The molecule has 102 valence electrons. The van der Waals surface area contributed by atoms with E-state index in [4.69, 9.17) is 12.2 Å². The highest BCUT2D eigenvalue weighted by molar-refractivity contribution is 7.71. The second-order valence-corrected chi connectivity index (χ2v) is 5.91. The van der Waals surface area contributed by atoms with Gasteiger partial charge in [0.05, 0.1) is 5.69 Å². The van der Waals surface area contributed by atoms with E-state index in [9.17, 15) is 0 Å². The van der Waals surface area contributed by atoms with Crippen LogP contribution in [0.3, 0.4) is 0 Å². The lowest BCUT2D eigenvalue weighted by Gasteiger charge is -2.06. The van der Waals surface area contributed by atoms with Crippen molar-refractivity contribution in [2.45, 2.75) is 0 Å². The number of hydrogen-bond donors (Lipinski definition) is 1. The van der Waals surface area contributed by atoms with Crippen LogP contribution < -0.4 is 0 Å². The maximum Gasteiger partial charge on any atom is 0.200 e. The lowest BCUT2D eigenvalue weighted by atomic mass is 10.2. The highest BCUT2D eigenvalue weighted by Gasteiger charge is 2.11. The lowest BCUT2D eigenvalue weighted by molar-refractivity contribution is 1.04. The fourth-order valence-electron chi connectivity index (χ4n) is 2.32. The van der Waals surface area contributed by atoms with E-state index in [0.29, 0.717) is 4.77 Å². The van der Waals surface area contributed by atoms with E-state index < -0.39 is 0 Å². The van der Waals surface area contributed by atoms with E-state index in [2.05, 4.69) is 44.8 Å². The number of nitrogens with one attached hydrogen (secondary N) is 1. The van der Waals surface area contributed by atoms with Crippen LogP contribution in [0.4, 0.5) is 0 Å². The molecule has 3 aromatic heterocycles. The summed E-state index contributed by atoms with van der Waals surface area (Å²) in [6.07, 6.45) is 3.52. The summed E-state index contributed by atoms with van der Waals surface area (Å²) in [6, 6.07) is 12.3. The van der Waals surface area contributed by atoms with Crippen molar-refractivity contribution in [2.24, 2.45) is 0 Å². The maximum atomic E-state index is 5.38. The average Bonchev–Trinajstić information content (AvgIpc) is 3.13. The molecule has 0 saturated carbocycles. The third-order valence-corrected chi connectivity index (χ3v) is 4.46. The van der Waals surface area contributed by atoms with Crippen molar-refractivity contribution in [1.29, 1.82) is 0 Å². The summed E-state index contributed by atoms with van der Waals surface area (Å²) in [6.45, 7) is 0. The number of H-pyrrole nitrogens is 1. The normalized spacial score (nSPS) is 11.0. The molecule has 0 unspecified atom stereocenters. The van der Waals surface area contributed by atoms with E-state index in [0.717, 1.165) is 17.1 Å². The minimum atomic E-state index is 0.573. The van der Waals surface area contributed by atoms with Gasteiger partial charge in [0.15, 0.2) is 10.6 Å². The molecule has 1 N–H and O–H groups in total. The van der Waals surface area contributed by atoms with Gasteiger partial charge in [0, 0.05) is 22.7 Å². The van der Waals surface area contributed by atoms with Crippen LogP contribution in [0.1, 0.15) is 0 Å². The number of benzene rings is 1. The van der Waals surface area contributed by atoms with E-state index in [1.165, 1.54) is 10.1 Å². The molecule has 0 aliphatic rings. The van der Waals surface area contributed by atoms with Gasteiger partial charge in [-0.15, -0.1) is 11.3 Å². The van der Waals surface area contributed by atoms with Gasteiger partial charge in [-0.1, -0.05) is 0 Å². The molecule has 0 fully saturated rings. The molecule has 4 rings (SSSR count). The van der Waals surface area contributed by atoms with Crippen molar-refractivity contribution >= 4 is 33.6 Å². The Bertz CT molecular complexity index is 966. The molecule has 0 saturated heterocycles. The standard InChI is InChI=1S/C15H10N4S2/c20-15-18-17-14(11-2-1-6-16-9-11)19(15)12-3-4-13-10(8-12)5-7-21-13/h1-9H,(H,18,20). The zero-order chi connectivity index (χ0) is 14.2. The number of aromatic nitrogens is 4. The van der Waals surface area contributed by atoms with Crippen molar-refractivity contribution in [1.82, 2.24) is 19.7 Å². The first-order valence-electron chi connectivity index (χ1n) is 6.38. The fraction of sp³-hybridized carbons (Fsp3) is 0. The minimum Gasteiger partial charge on any atom is -0.268 e. The van der Waals surface area contributed by atoms with Crippen LogP contribution in [-0.2, 0) is 0 Å². The molecule has 1 aromatic carbocycles. The zero-order valence-electron chi connectivity index (χ0n) is 10.9. The number of aromatic amines is 1. The third kappa shape index (κ3) is 2.09. The summed E-state index contributed by atoms with van der Waals surface area (Å²) in [7, 11) is 0. The average molecular weight is 310 g/mol. The molecular formula is C15H10N4S2. The highest BCUT2D eigenvalue weighted by Crippen LogP contribution is 2.26. The summed E-state index contributed by atoms with van der Waals surface area (Å²) in [5.74, 6) is 0.766. The summed E-state index contributed by atoms with van der Waals surface area (Å²) in [5, 5.41) is 10.5. The fourth-order valence-corrected chi connectivity index (χ4v) is 3.33. The molecule has 0 spiro atoms. The molecule has 0 aliphatic heterocycles. The number of fused-ring (bicyclic) bond motifs is 1. The number of nitrogens with zero attached hydrogens (tertiary/aromatic N) is 3. The largest absolute Gasteiger partial charge is 0.268 e. The molecule has 4 nitrogen and oxygen atoms in total. The Hall–Kier alpha value is -2.31. The monoisotopic (exact) mass is 310 g/mol. The van der Waals surface area contributed by atoms with Gasteiger partial charge in [0.1, 0.15) is 0 Å². The predicted molar refractivity (Wildman–Crippen MR) is 87.4 cm³/mol. The van der Waals surface area contributed by atoms with Crippen molar-refractivity contribution < 1.29 is 0 Å². The zero-order valence-corrected chi connectivity index (χ0v) is 12.5. The Morgan fingerprint density at radius 1 is 1.19 bits per heavy atom. The molecule has 0 aliphatic carbocycles. The molecule has 0 radical (unpaired) electrons. The minimum absolute atomic E-state index is 0.573. The van der Waals surface area contributed by atoms with E-state index in [1.807, 2.05) is 16.7 Å². The number of hydrogen-bond acceptors (Lipinski definition) is 4. The first kappa shape index (κ1) is 12.4. The molecule has 4 aromatic rings. The van der Waals surface area contributed by atoms with Crippen LogP contribution in [0.5, 0.6) is 0 Å². The van der Waals surface area contributed by atoms with E-state index in [-0.39, 0.29) is 0 Å². The maximum absolute atomic E-state index is 5.38. The number of thiophene rings is 1. The Morgan fingerprint density at radius 3 is 3.00 bits per heavy atom. The van der Waals surface area contributed by atoms with Gasteiger partial charge in [-0.05, 0) is 59.4 Å². The summed E-state index contributed by atoms with van der Waals surface area (Å²) >= 11 is 7.11. The Balaban J connectivity index is 1.96. The quantitative estimate of drug-likeness (QED) is 0.564. The smallest absolute Gasteiger partial charge is 0.200 e. The van der Waals surface area contributed by atoms with E-state index in [1.54, 1.807) is 23.7 Å². The van der Waals surface area contributed by atoms with Crippen LogP contribution in [0.2, 0.25) is 0 Å². The van der Waals surface area contributed by atoms with Crippen LogP contribution in [-0.4, -0.2) is 19.7 Å². The Labute approximate surface area is 129 Å². The van der Waals surface area contributed by atoms with Crippen LogP contribution in [0, 0.1) is 4.77 Å². The Kier molecular flexibility index (Phi) is 2.90. The Morgan fingerprint density at radius 2 is 2.14 bits per heavy atom. The van der Waals surface area contributed by atoms with Crippen molar-refractivity contribution in [2.75, 3.05) is 0 Å². The van der Waals surface area contributed by atoms with Crippen LogP contribution in [0.15, 0.2) is 54.2 Å². The molecule has 0 atom stereocenters. The van der Waals surface area contributed by atoms with Gasteiger partial charge >= 0.3 is 0 Å². The van der Waals surface area contributed by atoms with Crippen LogP contribution in [0.25, 0.3) is 27.2 Å². The van der Waals surface area contributed by atoms with Gasteiger partial charge in [0.25, 0.3) is 0 Å². The lowest BCUT2D eigenvalue weighted by Crippen LogP contribution is -1.97. The molecular weight excluding hydrogens is 300 g/mol. The number of rotatable bonds is 2. The van der Waals surface area contributed by atoms with Gasteiger partial charge in [-0.3, -0.25) is 14.6 Å². The van der Waals surface area contributed by atoms with Gasteiger partial charge in [0.2, 0.25) is 0 Å². The van der Waals surface area contributed by atoms with Gasteiger partial charge in [-0.25, -0.2) is 0 Å². The van der Waals surface area contributed by atoms with Crippen molar-refractivity contribution in [3.05, 3.63) is 58.9 Å². The summed E-state index contributed by atoms with van der Waals surface area (Å²) in [5.41, 5.74) is 1.92. The van der Waals surface area contributed by atoms with Gasteiger partial charge < -0.3 is 0 Å².